The number of nitrogens with zero attached hydrogens (tertiary/aromatic N) is 3. The van der Waals surface area contributed by atoms with Crippen LogP contribution in [-0.2, 0) is 0 Å². The summed E-state index contributed by atoms with van der Waals surface area (Å²) >= 11 is 12.0. The molecule has 2 N–H and O–H groups in total. The highest BCUT2D eigenvalue weighted by atomic mass is 35.5. The number of hydrogen-bond acceptors (Lipinski definition) is 4. The van der Waals surface area contributed by atoms with E-state index in [1.165, 1.54) is 6.42 Å². The van der Waals surface area contributed by atoms with Crippen molar-refractivity contribution in [1.29, 1.82) is 0 Å². The summed E-state index contributed by atoms with van der Waals surface area (Å²) in [7, 11) is 0. The monoisotopic (exact) mass is 286 g/mol. The van der Waals surface area contributed by atoms with E-state index < -0.39 is 0 Å². The molecule has 18 heavy (non-hydrogen) atoms. The summed E-state index contributed by atoms with van der Waals surface area (Å²) in [6.07, 6.45) is 3.47. The zero-order valence-corrected chi connectivity index (χ0v) is 11.5. The molecule has 2 heterocycles. The molecule has 0 bridgehead atoms. The van der Waals surface area contributed by atoms with E-state index >= 15 is 0 Å². The Labute approximate surface area is 116 Å². The van der Waals surface area contributed by atoms with Gasteiger partial charge in [0.05, 0.1) is 5.69 Å². The standard InChI is InChI=1S/C12H16Cl2N4/c13-11-4-10(12(14)17-16-11)18-5-7-1-2-9(15)3-8(7)6-18/h4,7-9H,1-3,5-6,15H2/t7-,8+,9?/m1/s1. The smallest absolute Gasteiger partial charge is 0.175 e. The van der Waals surface area contributed by atoms with E-state index in [0.29, 0.717) is 22.3 Å². The molecule has 0 amide bonds. The van der Waals surface area contributed by atoms with Crippen LogP contribution >= 0.6 is 23.2 Å². The van der Waals surface area contributed by atoms with Crippen LogP contribution in [0.3, 0.4) is 0 Å². The summed E-state index contributed by atoms with van der Waals surface area (Å²) < 4.78 is 0. The molecule has 98 valence electrons. The van der Waals surface area contributed by atoms with E-state index in [-0.39, 0.29) is 0 Å². The van der Waals surface area contributed by atoms with Gasteiger partial charge in [-0.15, -0.1) is 10.2 Å². The van der Waals surface area contributed by atoms with Crippen LogP contribution in [0.2, 0.25) is 10.3 Å². The van der Waals surface area contributed by atoms with Crippen molar-refractivity contribution >= 4 is 28.9 Å². The largest absolute Gasteiger partial charge is 0.368 e. The van der Waals surface area contributed by atoms with Crippen LogP contribution in [0.25, 0.3) is 0 Å². The zero-order chi connectivity index (χ0) is 12.7. The van der Waals surface area contributed by atoms with Gasteiger partial charge in [0.1, 0.15) is 0 Å². The average Bonchev–Trinajstić information content (AvgIpc) is 2.74. The predicted octanol–water partition coefficient (Wildman–Crippen LogP) is 2.35. The number of fused-ring (bicyclic) bond motifs is 1. The number of anilines is 1. The number of rotatable bonds is 1. The van der Waals surface area contributed by atoms with E-state index in [1.807, 2.05) is 0 Å². The van der Waals surface area contributed by atoms with Gasteiger partial charge in [0, 0.05) is 25.2 Å². The van der Waals surface area contributed by atoms with Gasteiger partial charge >= 0.3 is 0 Å². The molecular formula is C12H16Cl2N4. The molecule has 0 radical (unpaired) electrons. The van der Waals surface area contributed by atoms with Gasteiger partial charge in [-0.1, -0.05) is 23.2 Å². The fourth-order valence-electron chi connectivity index (χ4n) is 3.23. The fourth-order valence-corrected chi connectivity index (χ4v) is 3.58. The third-order valence-corrected chi connectivity index (χ3v) is 4.59. The number of aromatic nitrogens is 2. The van der Waals surface area contributed by atoms with Crippen molar-refractivity contribution in [3.05, 3.63) is 16.4 Å². The van der Waals surface area contributed by atoms with Crippen molar-refractivity contribution in [3.8, 4) is 0 Å². The molecule has 2 aliphatic rings. The Morgan fingerprint density at radius 1 is 1.17 bits per heavy atom. The molecule has 0 aromatic carbocycles. The highest BCUT2D eigenvalue weighted by Gasteiger charge is 2.37. The van der Waals surface area contributed by atoms with Gasteiger partial charge in [0.15, 0.2) is 10.3 Å². The first-order valence-electron chi connectivity index (χ1n) is 6.32. The number of nitrogens with two attached hydrogens (primary N) is 1. The van der Waals surface area contributed by atoms with Crippen LogP contribution in [0, 0.1) is 11.8 Å². The van der Waals surface area contributed by atoms with Crippen molar-refractivity contribution in [2.45, 2.75) is 25.3 Å². The summed E-state index contributed by atoms with van der Waals surface area (Å²) in [6, 6.07) is 2.16. The van der Waals surface area contributed by atoms with Crippen molar-refractivity contribution < 1.29 is 0 Å². The second-order valence-electron chi connectivity index (χ2n) is 5.34. The summed E-state index contributed by atoms with van der Waals surface area (Å²) in [5.74, 6) is 1.41. The highest BCUT2D eigenvalue weighted by molar-refractivity contribution is 6.33. The topological polar surface area (TPSA) is 55.0 Å². The molecule has 1 saturated heterocycles. The van der Waals surface area contributed by atoms with Crippen LogP contribution in [0.15, 0.2) is 6.07 Å². The Hall–Kier alpha value is -0.580. The Morgan fingerprint density at radius 2 is 1.94 bits per heavy atom. The van der Waals surface area contributed by atoms with Crippen LogP contribution in [0.4, 0.5) is 5.69 Å². The van der Waals surface area contributed by atoms with Crippen LogP contribution in [-0.4, -0.2) is 29.3 Å². The van der Waals surface area contributed by atoms with Gasteiger partial charge in [0.25, 0.3) is 0 Å². The summed E-state index contributed by atoms with van der Waals surface area (Å²) in [4.78, 5) is 2.27. The normalized spacial score (nSPS) is 31.5. The van der Waals surface area contributed by atoms with Crippen LogP contribution in [0.5, 0.6) is 0 Å². The van der Waals surface area contributed by atoms with Crippen LogP contribution in [0.1, 0.15) is 19.3 Å². The van der Waals surface area contributed by atoms with Gasteiger partial charge < -0.3 is 10.6 Å². The van der Waals surface area contributed by atoms with Gasteiger partial charge in [-0.3, -0.25) is 0 Å². The van der Waals surface area contributed by atoms with E-state index in [9.17, 15) is 0 Å². The van der Waals surface area contributed by atoms with Crippen molar-refractivity contribution in [2.24, 2.45) is 17.6 Å². The van der Waals surface area contributed by atoms with E-state index in [1.54, 1.807) is 6.07 Å². The lowest BCUT2D eigenvalue weighted by molar-refractivity contribution is 0.271. The Morgan fingerprint density at radius 3 is 2.78 bits per heavy atom. The molecule has 0 spiro atoms. The lowest BCUT2D eigenvalue weighted by atomic mass is 9.79. The number of hydrogen-bond donors (Lipinski definition) is 1. The third-order valence-electron chi connectivity index (χ3n) is 4.13. The maximum Gasteiger partial charge on any atom is 0.175 e. The van der Waals surface area contributed by atoms with Gasteiger partial charge in [-0.05, 0) is 31.1 Å². The Bertz CT molecular complexity index is 454. The van der Waals surface area contributed by atoms with E-state index in [0.717, 1.165) is 37.5 Å². The summed E-state index contributed by atoms with van der Waals surface area (Å²) in [6.45, 7) is 2.03. The van der Waals surface area contributed by atoms with Crippen molar-refractivity contribution in [3.63, 3.8) is 0 Å². The van der Waals surface area contributed by atoms with Crippen molar-refractivity contribution in [1.82, 2.24) is 10.2 Å². The summed E-state index contributed by atoms with van der Waals surface area (Å²) in [5.41, 5.74) is 6.94. The average molecular weight is 287 g/mol. The molecule has 1 saturated carbocycles. The summed E-state index contributed by atoms with van der Waals surface area (Å²) in [5, 5.41) is 8.45. The van der Waals surface area contributed by atoms with E-state index in [4.69, 9.17) is 28.9 Å². The second-order valence-corrected chi connectivity index (χ2v) is 6.09. The first-order chi connectivity index (χ1) is 8.63. The molecule has 1 aliphatic carbocycles. The molecule has 4 nitrogen and oxygen atoms in total. The Kier molecular flexibility index (Phi) is 3.34. The van der Waals surface area contributed by atoms with Gasteiger partial charge in [0.2, 0.25) is 0 Å². The molecule has 3 rings (SSSR count). The molecular weight excluding hydrogens is 271 g/mol. The maximum atomic E-state index is 6.10. The van der Waals surface area contributed by atoms with Crippen LogP contribution < -0.4 is 10.6 Å². The van der Waals surface area contributed by atoms with Gasteiger partial charge in [-0.2, -0.15) is 0 Å². The predicted molar refractivity (Wildman–Crippen MR) is 73.1 cm³/mol. The Balaban J connectivity index is 1.80. The zero-order valence-electron chi connectivity index (χ0n) is 10.0. The molecule has 1 unspecified atom stereocenters. The number of halogens is 2. The molecule has 1 aromatic rings. The molecule has 2 fully saturated rings. The first kappa shape index (κ1) is 12.5. The SMILES string of the molecule is NC1CC[C@@H]2CN(c3cc(Cl)nnc3Cl)C[C@@H]2C1. The lowest BCUT2D eigenvalue weighted by Crippen LogP contribution is -2.32. The minimum absolute atomic E-state index is 0.362. The quantitative estimate of drug-likeness (QED) is 0.861. The third kappa shape index (κ3) is 2.29. The molecule has 3 atom stereocenters. The minimum atomic E-state index is 0.362. The molecule has 1 aliphatic heterocycles. The molecule has 1 aromatic heterocycles. The lowest BCUT2D eigenvalue weighted by Gasteiger charge is -2.27. The first-order valence-corrected chi connectivity index (χ1v) is 7.08. The highest BCUT2D eigenvalue weighted by Crippen LogP contribution is 2.39. The molecule has 6 heteroatoms. The van der Waals surface area contributed by atoms with Gasteiger partial charge in [-0.25, -0.2) is 0 Å². The minimum Gasteiger partial charge on any atom is -0.368 e. The van der Waals surface area contributed by atoms with Crippen molar-refractivity contribution in [2.75, 3.05) is 18.0 Å². The fraction of sp³-hybridized carbons (Fsp3) is 0.667. The maximum absolute atomic E-state index is 6.10. The van der Waals surface area contributed by atoms with E-state index in [2.05, 4.69) is 15.1 Å². The second kappa shape index (κ2) is 4.83.